The minimum absolute atomic E-state index is 0.200. The van der Waals surface area contributed by atoms with E-state index in [-0.39, 0.29) is 6.17 Å². The molecule has 0 amide bonds. The van der Waals surface area contributed by atoms with E-state index in [0.717, 1.165) is 59.6 Å². The van der Waals surface area contributed by atoms with Crippen LogP contribution in [-0.2, 0) is 0 Å². The first-order valence-electron chi connectivity index (χ1n) is 9.86. The van der Waals surface area contributed by atoms with Crippen molar-refractivity contribution >= 4 is 11.0 Å². The number of aromatic amines is 1. The van der Waals surface area contributed by atoms with Gasteiger partial charge in [0.1, 0.15) is 5.76 Å². The number of aromatic nitrogens is 2. The fourth-order valence-corrected chi connectivity index (χ4v) is 3.90. The highest BCUT2D eigenvalue weighted by atomic mass is 16.3. The fraction of sp³-hybridized carbons (Fsp3) is 0.476. The van der Waals surface area contributed by atoms with Crippen LogP contribution < -0.4 is 16.8 Å². The van der Waals surface area contributed by atoms with Gasteiger partial charge in [-0.1, -0.05) is 6.07 Å². The molecule has 2 aromatic heterocycles. The molecule has 3 aromatic rings. The van der Waals surface area contributed by atoms with Gasteiger partial charge in [0.25, 0.3) is 0 Å². The van der Waals surface area contributed by atoms with Gasteiger partial charge in [-0.05, 0) is 69.4 Å². The first kappa shape index (κ1) is 18.2. The summed E-state index contributed by atoms with van der Waals surface area (Å²) < 4.78 is 6.13. The summed E-state index contributed by atoms with van der Waals surface area (Å²) in [6, 6.07) is 10.8. The second kappa shape index (κ2) is 7.46. The highest BCUT2D eigenvalue weighted by molar-refractivity contribution is 5.79. The average Bonchev–Trinajstić information content (AvgIpc) is 3.28. The molecule has 0 spiro atoms. The molecule has 1 atom stereocenters. The first-order chi connectivity index (χ1) is 13.0. The first-order valence-corrected chi connectivity index (χ1v) is 9.86. The van der Waals surface area contributed by atoms with E-state index in [1.54, 1.807) is 0 Å². The van der Waals surface area contributed by atoms with Gasteiger partial charge in [0.2, 0.25) is 0 Å². The van der Waals surface area contributed by atoms with E-state index in [4.69, 9.17) is 15.9 Å². The number of H-pyrrole nitrogens is 1. The number of nitrogens with one attached hydrogen (secondary N) is 2. The molecule has 1 aliphatic carbocycles. The molecule has 144 valence electrons. The number of fused-ring (bicyclic) bond motifs is 1. The molecular weight excluding hydrogens is 338 g/mol. The number of furan rings is 1. The Morgan fingerprint density at radius 1 is 1.15 bits per heavy atom. The van der Waals surface area contributed by atoms with Crippen molar-refractivity contribution < 1.29 is 4.42 Å². The lowest BCUT2D eigenvalue weighted by Crippen LogP contribution is -2.33. The largest absolute Gasteiger partial charge is 0.458 e. The molecule has 0 radical (unpaired) electrons. The lowest BCUT2D eigenvalue weighted by atomic mass is 9.85. The van der Waals surface area contributed by atoms with Crippen LogP contribution in [0.4, 0.5) is 0 Å². The SMILES string of the molecule is CC(C)NC(N)c1ccc2nc(-c3ccc(C4CCC(N)CC4)o3)[nH]c2c1. The van der Waals surface area contributed by atoms with Crippen LogP contribution in [0.2, 0.25) is 0 Å². The van der Waals surface area contributed by atoms with Crippen LogP contribution in [0.5, 0.6) is 0 Å². The average molecular weight is 367 g/mol. The molecule has 0 aliphatic heterocycles. The van der Waals surface area contributed by atoms with Crippen LogP contribution in [0.3, 0.4) is 0 Å². The quantitative estimate of drug-likeness (QED) is 0.514. The van der Waals surface area contributed by atoms with E-state index >= 15 is 0 Å². The van der Waals surface area contributed by atoms with Gasteiger partial charge >= 0.3 is 0 Å². The number of nitrogens with two attached hydrogens (primary N) is 2. The van der Waals surface area contributed by atoms with Crippen molar-refractivity contribution in [3.05, 3.63) is 41.7 Å². The lowest BCUT2D eigenvalue weighted by molar-refractivity contribution is 0.350. The standard InChI is InChI=1S/C21H29N5O/c1-12(2)24-20(23)14-5-8-16-17(11-14)26-21(25-16)19-10-9-18(27-19)13-3-6-15(22)7-4-13/h5,8-13,15,20,24H,3-4,6-7,22-23H2,1-2H3,(H,25,26). The van der Waals surface area contributed by atoms with Crippen molar-refractivity contribution in [3.63, 3.8) is 0 Å². The zero-order valence-corrected chi connectivity index (χ0v) is 16.0. The molecule has 6 nitrogen and oxygen atoms in total. The monoisotopic (exact) mass is 367 g/mol. The number of hydrogen-bond donors (Lipinski definition) is 4. The molecular formula is C21H29N5O. The van der Waals surface area contributed by atoms with Crippen LogP contribution >= 0.6 is 0 Å². The number of benzene rings is 1. The molecule has 0 saturated heterocycles. The maximum Gasteiger partial charge on any atom is 0.174 e. The van der Waals surface area contributed by atoms with E-state index in [1.807, 2.05) is 18.2 Å². The summed E-state index contributed by atoms with van der Waals surface area (Å²) in [6.07, 6.45) is 4.13. The maximum atomic E-state index is 6.23. The summed E-state index contributed by atoms with van der Waals surface area (Å²) in [7, 11) is 0. The third-order valence-corrected chi connectivity index (χ3v) is 5.41. The van der Waals surface area contributed by atoms with Gasteiger partial charge in [-0.3, -0.25) is 5.32 Å². The summed E-state index contributed by atoms with van der Waals surface area (Å²) in [5.41, 5.74) is 15.1. The van der Waals surface area contributed by atoms with Gasteiger partial charge in [0.05, 0.1) is 17.2 Å². The van der Waals surface area contributed by atoms with Crippen molar-refractivity contribution in [2.75, 3.05) is 0 Å². The molecule has 1 saturated carbocycles. The molecule has 1 unspecified atom stereocenters. The Hall–Kier alpha value is -2.15. The van der Waals surface area contributed by atoms with E-state index in [1.165, 1.54) is 0 Å². The van der Waals surface area contributed by atoms with Gasteiger partial charge in [0.15, 0.2) is 11.6 Å². The Labute approximate surface area is 159 Å². The van der Waals surface area contributed by atoms with Gasteiger partial charge in [-0.15, -0.1) is 0 Å². The van der Waals surface area contributed by atoms with E-state index < -0.39 is 0 Å². The zero-order valence-electron chi connectivity index (χ0n) is 16.0. The lowest BCUT2D eigenvalue weighted by Gasteiger charge is -2.24. The van der Waals surface area contributed by atoms with Crippen LogP contribution in [0, 0.1) is 0 Å². The van der Waals surface area contributed by atoms with Gasteiger partial charge < -0.3 is 20.9 Å². The van der Waals surface area contributed by atoms with Crippen LogP contribution in [-0.4, -0.2) is 22.1 Å². The van der Waals surface area contributed by atoms with Crippen molar-refractivity contribution in [1.82, 2.24) is 15.3 Å². The number of rotatable bonds is 5. The Kier molecular flexibility index (Phi) is 5.04. The topological polar surface area (TPSA) is 106 Å². The fourth-order valence-electron chi connectivity index (χ4n) is 3.90. The van der Waals surface area contributed by atoms with Gasteiger partial charge in [-0.25, -0.2) is 4.98 Å². The second-order valence-electron chi connectivity index (χ2n) is 7.97. The summed E-state index contributed by atoms with van der Waals surface area (Å²) in [4.78, 5) is 8.06. The summed E-state index contributed by atoms with van der Waals surface area (Å²) in [5, 5.41) is 3.32. The molecule has 6 heteroatoms. The van der Waals surface area contributed by atoms with Gasteiger partial charge in [0, 0.05) is 18.0 Å². The summed E-state index contributed by atoms with van der Waals surface area (Å²) in [5.74, 6) is 3.05. The molecule has 2 heterocycles. The van der Waals surface area contributed by atoms with Crippen molar-refractivity contribution in [2.24, 2.45) is 11.5 Å². The molecule has 1 aromatic carbocycles. The maximum absolute atomic E-state index is 6.23. The smallest absolute Gasteiger partial charge is 0.174 e. The highest BCUT2D eigenvalue weighted by Gasteiger charge is 2.23. The molecule has 1 fully saturated rings. The van der Waals surface area contributed by atoms with Crippen LogP contribution in [0.25, 0.3) is 22.6 Å². The van der Waals surface area contributed by atoms with Crippen LogP contribution in [0.15, 0.2) is 34.7 Å². The Morgan fingerprint density at radius 3 is 2.67 bits per heavy atom. The predicted octanol–water partition coefficient (Wildman–Crippen LogP) is 3.76. The predicted molar refractivity (Wildman–Crippen MR) is 108 cm³/mol. The molecule has 27 heavy (non-hydrogen) atoms. The van der Waals surface area contributed by atoms with Crippen molar-refractivity contribution in [1.29, 1.82) is 0 Å². The molecule has 0 bridgehead atoms. The summed E-state index contributed by atoms with van der Waals surface area (Å²) in [6.45, 7) is 4.17. The zero-order chi connectivity index (χ0) is 19.0. The summed E-state index contributed by atoms with van der Waals surface area (Å²) >= 11 is 0. The molecule has 4 rings (SSSR count). The minimum atomic E-state index is -0.200. The third kappa shape index (κ3) is 3.93. The van der Waals surface area contributed by atoms with Crippen molar-refractivity contribution in [3.8, 4) is 11.6 Å². The molecule has 6 N–H and O–H groups in total. The number of hydrogen-bond acceptors (Lipinski definition) is 5. The van der Waals surface area contributed by atoms with Crippen molar-refractivity contribution in [2.45, 2.75) is 63.7 Å². The van der Waals surface area contributed by atoms with E-state index in [2.05, 4.69) is 41.3 Å². The Balaban J connectivity index is 1.55. The second-order valence-corrected chi connectivity index (χ2v) is 7.97. The third-order valence-electron chi connectivity index (χ3n) is 5.41. The number of imidazole rings is 1. The number of nitrogens with zero attached hydrogens (tertiary/aromatic N) is 1. The Morgan fingerprint density at radius 2 is 1.93 bits per heavy atom. The normalized spacial score (nSPS) is 21.8. The molecule has 1 aliphatic rings. The minimum Gasteiger partial charge on any atom is -0.458 e. The Bertz CT molecular complexity index is 904. The van der Waals surface area contributed by atoms with E-state index in [9.17, 15) is 0 Å². The van der Waals surface area contributed by atoms with Crippen LogP contribution in [0.1, 0.15) is 62.9 Å². The van der Waals surface area contributed by atoms with Gasteiger partial charge in [-0.2, -0.15) is 0 Å². The highest BCUT2D eigenvalue weighted by Crippen LogP contribution is 2.35. The van der Waals surface area contributed by atoms with E-state index in [0.29, 0.717) is 18.0 Å².